The van der Waals surface area contributed by atoms with Gasteiger partial charge < -0.3 is 0 Å². The van der Waals surface area contributed by atoms with Gasteiger partial charge in [0.1, 0.15) is 0 Å². The third-order valence-electron chi connectivity index (χ3n) is 2.95. The van der Waals surface area contributed by atoms with Crippen molar-refractivity contribution in [3.63, 3.8) is 0 Å². The summed E-state index contributed by atoms with van der Waals surface area (Å²) in [6.07, 6.45) is 6.59. The van der Waals surface area contributed by atoms with Crippen molar-refractivity contribution < 1.29 is 0 Å². The van der Waals surface area contributed by atoms with Crippen LogP contribution < -0.4 is 0 Å². The highest BCUT2D eigenvalue weighted by Crippen LogP contribution is 2.50. The van der Waals surface area contributed by atoms with Crippen LogP contribution >= 0.6 is 11.3 Å². The van der Waals surface area contributed by atoms with Crippen LogP contribution in [-0.2, 0) is 5.41 Å². The molecule has 1 aliphatic carbocycles. The molecule has 0 unspecified atom stereocenters. The number of fused-ring (bicyclic) bond motifs is 1. The molecule has 0 radical (unpaired) electrons. The van der Waals surface area contributed by atoms with Crippen molar-refractivity contribution >= 4 is 11.3 Å². The lowest BCUT2D eigenvalue weighted by Gasteiger charge is -2.08. The van der Waals surface area contributed by atoms with E-state index in [1.807, 2.05) is 23.7 Å². The first-order valence-corrected chi connectivity index (χ1v) is 5.49. The van der Waals surface area contributed by atoms with Gasteiger partial charge >= 0.3 is 0 Å². The fraction of sp³-hybridized carbons (Fsp3) is 0.364. The summed E-state index contributed by atoms with van der Waals surface area (Å²) in [6.45, 7) is 2.35. The van der Waals surface area contributed by atoms with Gasteiger partial charge in [0.15, 0.2) is 0 Å². The van der Waals surface area contributed by atoms with Crippen LogP contribution in [0.5, 0.6) is 0 Å². The minimum atomic E-state index is 0.496. The topological polar surface area (TPSA) is 12.9 Å². The van der Waals surface area contributed by atoms with Crippen LogP contribution in [0.4, 0.5) is 0 Å². The number of hydrogen-bond donors (Lipinski definition) is 0. The lowest BCUT2D eigenvalue weighted by molar-refractivity contribution is 0.808. The first-order valence-electron chi connectivity index (χ1n) is 4.61. The van der Waals surface area contributed by atoms with E-state index in [4.69, 9.17) is 0 Å². The van der Waals surface area contributed by atoms with Gasteiger partial charge in [-0.15, -0.1) is 11.3 Å². The van der Waals surface area contributed by atoms with Crippen molar-refractivity contribution in [2.45, 2.75) is 25.2 Å². The van der Waals surface area contributed by atoms with E-state index < -0.39 is 0 Å². The second-order valence-corrected chi connectivity index (χ2v) is 5.03. The monoisotopic (exact) mass is 189 g/mol. The molecule has 3 aliphatic rings. The van der Waals surface area contributed by atoms with E-state index in [-0.39, 0.29) is 0 Å². The molecule has 0 aromatic rings. The van der Waals surface area contributed by atoms with Gasteiger partial charge in [-0.1, -0.05) is 6.92 Å². The molecular formula is C11H11NS. The fourth-order valence-corrected chi connectivity index (χ4v) is 2.75. The van der Waals surface area contributed by atoms with Crippen molar-refractivity contribution in [1.29, 1.82) is 0 Å². The molecule has 3 rings (SSSR count). The van der Waals surface area contributed by atoms with Crippen LogP contribution in [0.2, 0.25) is 0 Å². The van der Waals surface area contributed by atoms with E-state index in [1.54, 1.807) is 0 Å². The first-order chi connectivity index (χ1) is 6.28. The molecule has 13 heavy (non-hydrogen) atoms. The second-order valence-electron chi connectivity index (χ2n) is 4.12. The molecule has 0 amide bonds. The molecule has 0 bridgehead atoms. The van der Waals surface area contributed by atoms with Gasteiger partial charge in [0.25, 0.3) is 0 Å². The Kier molecular flexibility index (Phi) is 1.34. The Bertz CT molecular complexity index is 414. The van der Waals surface area contributed by atoms with E-state index in [1.165, 1.54) is 28.8 Å². The number of rotatable bonds is 1. The van der Waals surface area contributed by atoms with Crippen molar-refractivity contribution in [3.8, 4) is 11.1 Å². The smallest absolute Gasteiger partial charge is 0.0355 e. The van der Waals surface area contributed by atoms with Crippen molar-refractivity contribution in [1.82, 2.24) is 4.98 Å². The first kappa shape index (κ1) is 7.51. The second kappa shape index (κ2) is 2.32. The Hall–Kier alpha value is -0.890. The molecule has 2 aliphatic heterocycles. The predicted molar refractivity (Wildman–Crippen MR) is 55.3 cm³/mol. The van der Waals surface area contributed by atoms with E-state index in [0.717, 1.165) is 0 Å². The van der Waals surface area contributed by atoms with Crippen LogP contribution in [0.3, 0.4) is 0 Å². The zero-order valence-electron chi connectivity index (χ0n) is 7.58. The van der Waals surface area contributed by atoms with Gasteiger partial charge in [-0.2, -0.15) is 0 Å². The molecule has 2 heterocycles. The summed E-state index contributed by atoms with van der Waals surface area (Å²) in [4.78, 5) is 5.67. The minimum Gasteiger partial charge on any atom is -0.263 e. The molecule has 1 saturated carbocycles. The molecule has 1 nitrogen and oxygen atoms in total. The number of nitrogens with zero attached hydrogens (tertiary/aromatic N) is 1. The van der Waals surface area contributed by atoms with Crippen LogP contribution in [0.25, 0.3) is 11.1 Å². The van der Waals surface area contributed by atoms with Gasteiger partial charge in [-0.3, -0.25) is 4.98 Å². The largest absolute Gasteiger partial charge is 0.263 e. The van der Waals surface area contributed by atoms with E-state index in [9.17, 15) is 0 Å². The van der Waals surface area contributed by atoms with Crippen LogP contribution in [0, 0.1) is 0 Å². The zero-order chi connectivity index (χ0) is 8.89. The van der Waals surface area contributed by atoms with E-state index in [2.05, 4.69) is 23.4 Å². The van der Waals surface area contributed by atoms with Crippen LogP contribution in [0.1, 0.15) is 24.6 Å². The molecule has 1 fully saturated rings. The predicted octanol–water partition coefficient (Wildman–Crippen LogP) is 3.30. The van der Waals surface area contributed by atoms with E-state index >= 15 is 0 Å². The van der Waals surface area contributed by atoms with Crippen molar-refractivity contribution in [2.75, 3.05) is 0 Å². The van der Waals surface area contributed by atoms with Gasteiger partial charge in [-0.25, -0.2) is 0 Å². The van der Waals surface area contributed by atoms with Gasteiger partial charge in [-0.05, 0) is 18.9 Å². The third kappa shape index (κ3) is 1.09. The average molecular weight is 189 g/mol. The summed E-state index contributed by atoms with van der Waals surface area (Å²) in [6, 6.07) is 2.31. The summed E-state index contributed by atoms with van der Waals surface area (Å²) >= 11 is 1.88. The normalized spacial score (nSPS) is 19.2. The molecule has 0 aromatic carbocycles. The maximum Gasteiger partial charge on any atom is 0.0355 e. The third-order valence-corrected chi connectivity index (χ3v) is 4.19. The molecular weight excluding hydrogens is 178 g/mol. The highest BCUT2D eigenvalue weighted by Gasteiger charge is 2.40. The van der Waals surface area contributed by atoms with Crippen molar-refractivity contribution in [3.05, 3.63) is 28.7 Å². The summed E-state index contributed by atoms with van der Waals surface area (Å²) in [5, 5.41) is 2.22. The highest BCUT2D eigenvalue weighted by molar-refractivity contribution is 7.10. The average Bonchev–Trinajstić information content (AvgIpc) is 2.74. The molecule has 0 aromatic heterocycles. The molecule has 0 atom stereocenters. The number of hydrogen-bond acceptors (Lipinski definition) is 2. The van der Waals surface area contributed by atoms with Crippen LogP contribution in [-0.4, -0.2) is 4.98 Å². The Morgan fingerprint density at radius 2 is 2.08 bits per heavy atom. The lowest BCUT2D eigenvalue weighted by atomic mass is 10.1. The van der Waals surface area contributed by atoms with Gasteiger partial charge in [0, 0.05) is 39.2 Å². The lowest BCUT2D eigenvalue weighted by Crippen LogP contribution is -1.96. The highest BCUT2D eigenvalue weighted by atomic mass is 32.1. The fourth-order valence-electron chi connectivity index (χ4n) is 1.62. The standard InChI is InChI=1S/C11H11NS/c1-11(2-3-11)10-4-8-5-12-6-9(8)7-13-10/h4-7H,2-3H2,1H3. The summed E-state index contributed by atoms with van der Waals surface area (Å²) < 4.78 is 0. The minimum absolute atomic E-state index is 0.496. The van der Waals surface area contributed by atoms with Crippen molar-refractivity contribution in [2.24, 2.45) is 0 Å². The molecule has 0 N–H and O–H groups in total. The Morgan fingerprint density at radius 3 is 2.85 bits per heavy atom. The Morgan fingerprint density at radius 1 is 1.31 bits per heavy atom. The van der Waals surface area contributed by atoms with Gasteiger partial charge in [0.2, 0.25) is 0 Å². The zero-order valence-corrected chi connectivity index (χ0v) is 8.40. The maximum atomic E-state index is 4.15. The summed E-state index contributed by atoms with van der Waals surface area (Å²) in [7, 11) is 0. The molecule has 0 spiro atoms. The molecule has 0 saturated heterocycles. The Balaban J connectivity index is 2.17. The van der Waals surface area contributed by atoms with Crippen LogP contribution in [0.15, 0.2) is 23.8 Å². The quantitative estimate of drug-likeness (QED) is 0.670. The van der Waals surface area contributed by atoms with E-state index in [0.29, 0.717) is 5.41 Å². The summed E-state index contributed by atoms with van der Waals surface area (Å²) in [5.74, 6) is 0. The SMILES string of the molecule is CC1(c2cc3cncc-3cs2)CC1. The summed E-state index contributed by atoms with van der Waals surface area (Å²) in [5.41, 5.74) is 3.07. The maximum absolute atomic E-state index is 4.15. The number of aromatic nitrogens is 1. The van der Waals surface area contributed by atoms with Gasteiger partial charge in [0.05, 0.1) is 0 Å². The Labute approximate surface area is 81.8 Å². The molecule has 66 valence electrons. The molecule has 2 heteroatoms.